The molecule has 1 saturated heterocycles. The standard InChI is InChI=1S/C15H20F2N2O4/c1-9(20)22-13-11(7-18)23-14(12(19)15(13,16)17)21-8-10-5-3-2-4-6-10/h2-6,11-14H,7-8,18-19H2,1H3/t11-,12+,13-,14?/m1/s1. The van der Waals surface area contributed by atoms with Crippen LogP contribution < -0.4 is 11.5 Å². The molecule has 4 atom stereocenters. The van der Waals surface area contributed by atoms with Crippen molar-refractivity contribution < 1.29 is 27.8 Å². The number of rotatable bonds is 5. The van der Waals surface area contributed by atoms with Gasteiger partial charge in [0.05, 0.1) is 6.61 Å². The van der Waals surface area contributed by atoms with Crippen molar-refractivity contribution in [1.29, 1.82) is 0 Å². The number of halogens is 2. The van der Waals surface area contributed by atoms with Crippen LogP contribution in [0.25, 0.3) is 0 Å². The lowest BCUT2D eigenvalue weighted by Gasteiger charge is -2.43. The molecule has 23 heavy (non-hydrogen) atoms. The summed E-state index contributed by atoms with van der Waals surface area (Å²) in [5, 5.41) is 0. The van der Waals surface area contributed by atoms with E-state index in [-0.39, 0.29) is 13.2 Å². The molecule has 1 aromatic carbocycles. The number of carbonyl (C=O) groups excluding carboxylic acids is 1. The third-order valence-corrected chi connectivity index (χ3v) is 3.55. The van der Waals surface area contributed by atoms with Crippen LogP contribution in [0.1, 0.15) is 12.5 Å². The van der Waals surface area contributed by atoms with Crippen LogP contribution in [0.3, 0.4) is 0 Å². The highest BCUT2D eigenvalue weighted by Gasteiger charge is 2.59. The van der Waals surface area contributed by atoms with Gasteiger partial charge in [-0.05, 0) is 5.56 Å². The molecule has 1 aromatic rings. The van der Waals surface area contributed by atoms with E-state index in [0.717, 1.165) is 12.5 Å². The molecular formula is C15H20F2N2O4. The molecule has 6 nitrogen and oxygen atoms in total. The van der Waals surface area contributed by atoms with Gasteiger partial charge in [-0.3, -0.25) is 4.79 Å². The third kappa shape index (κ3) is 4.03. The summed E-state index contributed by atoms with van der Waals surface area (Å²) in [6.45, 7) is 0.837. The molecule has 128 valence electrons. The minimum atomic E-state index is -3.52. The molecule has 0 spiro atoms. The lowest BCUT2D eigenvalue weighted by Crippen LogP contribution is -2.67. The first-order valence-corrected chi connectivity index (χ1v) is 7.18. The van der Waals surface area contributed by atoms with Crippen molar-refractivity contribution in [2.45, 2.75) is 44.0 Å². The Bertz CT molecular complexity index is 529. The first-order chi connectivity index (χ1) is 10.9. The summed E-state index contributed by atoms with van der Waals surface area (Å²) in [5.41, 5.74) is 11.8. The van der Waals surface area contributed by atoms with Gasteiger partial charge in [-0.15, -0.1) is 0 Å². The Morgan fingerprint density at radius 2 is 2.00 bits per heavy atom. The van der Waals surface area contributed by atoms with E-state index in [1.807, 2.05) is 6.07 Å². The number of esters is 1. The molecule has 1 aliphatic heterocycles. The molecule has 1 unspecified atom stereocenters. The lowest BCUT2D eigenvalue weighted by molar-refractivity contribution is -0.306. The van der Waals surface area contributed by atoms with E-state index in [4.69, 9.17) is 20.9 Å². The highest BCUT2D eigenvalue weighted by molar-refractivity contribution is 5.66. The number of alkyl halides is 2. The summed E-state index contributed by atoms with van der Waals surface area (Å²) < 4.78 is 44.3. The Morgan fingerprint density at radius 1 is 1.35 bits per heavy atom. The van der Waals surface area contributed by atoms with Gasteiger partial charge < -0.3 is 25.7 Å². The normalized spacial score (nSPS) is 30.0. The summed E-state index contributed by atoms with van der Waals surface area (Å²) >= 11 is 0. The van der Waals surface area contributed by atoms with Crippen LogP contribution in [0, 0.1) is 0 Å². The Morgan fingerprint density at radius 3 is 2.57 bits per heavy atom. The second kappa shape index (κ2) is 7.31. The second-order valence-corrected chi connectivity index (χ2v) is 5.31. The van der Waals surface area contributed by atoms with E-state index in [9.17, 15) is 13.6 Å². The fraction of sp³-hybridized carbons (Fsp3) is 0.533. The maximum Gasteiger partial charge on any atom is 0.306 e. The van der Waals surface area contributed by atoms with Crippen molar-refractivity contribution in [3.63, 3.8) is 0 Å². The molecule has 0 bridgehead atoms. The van der Waals surface area contributed by atoms with Gasteiger partial charge in [0.2, 0.25) is 0 Å². The zero-order chi connectivity index (χ0) is 17.0. The predicted octanol–water partition coefficient (Wildman–Crippen LogP) is 0.781. The third-order valence-electron chi connectivity index (χ3n) is 3.55. The van der Waals surface area contributed by atoms with Gasteiger partial charge in [0.15, 0.2) is 12.4 Å². The molecule has 0 aliphatic carbocycles. The van der Waals surface area contributed by atoms with Crippen molar-refractivity contribution in [1.82, 2.24) is 0 Å². The quantitative estimate of drug-likeness (QED) is 0.775. The smallest absolute Gasteiger partial charge is 0.306 e. The monoisotopic (exact) mass is 330 g/mol. The summed E-state index contributed by atoms with van der Waals surface area (Å²) in [5.74, 6) is -4.37. The summed E-state index contributed by atoms with van der Waals surface area (Å²) in [6.07, 6.45) is -4.39. The van der Waals surface area contributed by atoms with Crippen LogP contribution >= 0.6 is 0 Å². The van der Waals surface area contributed by atoms with Crippen LogP contribution in [0.15, 0.2) is 30.3 Å². The van der Waals surface area contributed by atoms with Gasteiger partial charge >= 0.3 is 11.9 Å². The first-order valence-electron chi connectivity index (χ1n) is 7.18. The largest absolute Gasteiger partial charge is 0.453 e. The van der Waals surface area contributed by atoms with Gasteiger partial charge in [0.25, 0.3) is 0 Å². The molecule has 1 heterocycles. The van der Waals surface area contributed by atoms with Gasteiger partial charge in [-0.2, -0.15) is 0 Å². The van der Waals surface area contributed by atoms with Crippen molar-refractivity contribution >= 4 is 5.97 Å². The van der Waals surface area contributed by atoms with Crippen LogP contribution in [0.2, 0.25) is 0 Å². The molecule has 1 fully saturated rings. The zero-order valence-corrected chi connectivity index (χ0v) is 12.7. The van der Waals surface area contributed by atoms with Crippen LogP contribution in [-0.2, 0) is 25.6 Å². The van der Waals surface area contributed by atoms with E-state index in [1.165, 1.54) is 0 Å². The van der Waals surface area contributed by atoms with Gasteiger partial charge in [-0.1, -0.05) is 30.3 Å². The van der Waals surface area contributed by atoms with E-state index >= 15 is 0 Å². The number of ether oxygens (including phenoxy) is 3. The molecule has 2 rings (SSSR count). The van der Waals surface area contributed by atoms with E-state index < -0.39 is 36.4 Å². The number of benzene rings is 1. The van der Waals surface area contributed by atoms with E-state index in [2.05, 4.69) is 4.74 Å². The number of carbonyl (C=O) groups is 1. The maximum atomic E-state index is 14.4. The first kappa shape index (κ1) is 17.7. The van der Waals surface area contributed by atoms with E-state index in [0.29, 0.717) is 0 Å². The van der Waals surface area contributed by atoms with Crippen LogP contribution in [0.5, 0.6) is 0 Å². The fourth-order valence-electron chi connectivity index (χ4n) is 2.36. The Balaban J connectivity index is 2.09. The molecule has 0 amide bonds. The summed E-state index contributed by atoms with van der Waals surface area (Å²) in [7, 11) is 0. The van der Waals surface area contributed by atoms with Crippen molar-refractivity contribution in [2.75, 3.05) is 6.54 Å². The zero-order valence-electron chi connectivity index (χ0n) is 12.7. The second-order valence-electron chi connectivity index (χ2n) is 5.31. The molecule has 0 saturated carbocycles. The highest BCUT2D eigenvalue weighted by atomic mass is 19.3. The average Bonchev–Trinajstić information content (AvgIpc) is 2.52. The van der Waals surface area contributed by atoms with Crippen molar-refractivity contribution in [3.05, 3.63) is 35.9 Å². The Labute approximate surface area is 132 Å². The average molecular weight is 330 g/mol. The Hall–Kier alpha value is -1.61. The topological polar surface area (TPSA) is 96.8 Å². The minimum Gasteiger partial charge on any atom is -0.453 e. The van der Waals surface area contributed by atoms with Crippen molar-refractivity contribution in [3.8, 4) is 0 Å². The summed E-state index contributed by atoms with van der Waals surface area (Å²) in [4.78, 5) is 11.0. The number of hydrogen-bond donors (Lipinski definition) is 2. The van der Waals surface area contributed by atoms with E-state index in [1.54, 1.807) is 24.3 Å². The maximum absolute atomic E-state index is 14.4. The fourth-order valence-corrected chi connectivity index (χ4v) is 2.36. The molecule has 0 aromatic heterocycles. The number of nitrogens with two attached hydrogens (primary N) is 2. The van der Waals surface area contributed by atoms with Gasteiger partial charge in [-0.25, -0.2) is 8.78 Å². The SMILES string of the molecule is CC(=O)O[C@@H]1[C@@H](CN)OC(OCc2ccccc2)[C@H](N)C1(F)F. The van der Waals surface area contributed by atoms with Crippen molar-refractivity contribution in [2.24, 2.45) is 11.5 Å². The molecule has 1 aliphatic rings. The molecule has 8 heteroatoms. The number of hydrogen-bond acceptors (Lipinski definition) is 6. The van der Waals surface area contributed by atoms with Gasteiger partial charge in [0.1, 0.15) is 12.1 Å². The predicted molar refractivity (Wildman–Crippen MR) is 77.4 cm³/mol. The van der Waals surface area contributed by atoms with Crippen LogP contribution in [-0.4, -0.2) is 43.0 Å². The lowest BCUT2D eigenvalue weighted by atomic mass is 9.96. The summed E-state index contributed by atoms with van der Waals surface area (Å²) in [6, 6.07) is 7.22. The molecular weight excluding hydrogens is 310 g/mol. The molecule has 4 N–H and O–H groups in total. The molecule has 0 radical (unpaired) electrons. The van der Waals surface area contributed by atoms with Gasteiger partial charge in [0, 0.05) is 13.5 Å². The highest BCUT2D eigenvalue weighted by Crippen LogP contribution is 2.36. The minimum absolute atomic E-state index is 0.0603. The Kier molecular flexibility index (Phi) is 5.64. The van der Waals surface area contributed by atoms with Crippen LogP contribution in [0.4, 0.5) is 8.78 Å².